The molecule has 0 bridgehead atoms. The second-order valence-electron chi connectivity index (χ2n) is 4.23. The normalized spacial score (nSPS) is 10.5. The van der Waals surface area contributed by atoms with Gasteiger partial charge in [0.2, 0.25) is 0 Å². The molecule has 2 N–H and O–H groups in total. The first-order valence-electron chi connectivity index (χ1n) is 6.08. The van der Waals surface area contributed by atoms with E-state index in [9.17, 15) is 4.79 Å². The second-order valence-corrected chi connectivity index (χ2v) is 4.23. The molecule has 96 valence electrons. The molecule has 0 atom stereocenters. The molecule has 0 saturated carbocycles. The molecule has 0 aliphatic heterocycles. The maximum atomic E-state index is 11.1. The predicted molar refractivity (Wildman–Crippen MR) is 67.5 cm³/mol. The summed E-state index contributed by atoms with van der Waals surface area (Å²) in [6.07, 6.45) is 4.64. The lowest BCUT2D eigenvalue weighted by Gasteiger charge is -2.07. The number of unbranched alkanes of at least 4 members (excludes halogenated alkanes) is 3. The van der Waals surface area contributed by atoms with Gasteiger partial charge in [0, 0.05) is 13.6 Å². The second kappa shape index (κ2) is 6.27. The Labute approximate surface area is 102 Å². The Morgan fingerprint density at radius 2 is 2.12 bits per heavy atom. The van der Waals surface area contributed by atoms with E-state index in [0.717, 1.165) is 13.0 Å². The third-order valence-corrected chi connectivity index (χ3v) is 2.76. The summed E-state index contributed by atoms with van der Waals surface area (Å²) in [5.74, 6) is -0.321. The van der Waals surface area contributed by atoms with Crippen LogP contribution < -0.4 is 5.32 Å². The Balaban J connectivity index is 2.61. The zero-order valence-corrected chi connectivity index (χ0v) is 10.8. The summed E-state index contributed by atoms with van der Waals surface area (Å²) in [4.78, 5) is 11.1. The van der Waals surface area contributed by atoms with E-state index in [1.165, 1.54) is 19.3 Å². The lowest BCUT2D eigenvalue weighted by atomic mass is 10.2. The van der Waals surface area contributed by atoms with E-state index in [1.54, 1.807) is 18.7 Å². The zero-order valence-electron chi connectivity index (χ0n) is 10.8. The van der Waals surface area contributed by atoms with Gasteiger partial charge in [-0.2, -0.15) is 5.10 Å². The van der Waals surface area contributed by atoms with Crippen LogP contribution in [0.3, 0.4) is 0 Å². The van der Waals surface area contributed by atoms with Crippen molar-refractivity contribution in [1.82, 2.24) is 9.78 Å². The van der Waals surface area contributed by atoms with Crippen LogP contribution in [0.25, 0.3) is 0 Å². The number of aromatic carboxylic acids is 1. The third kappa shape index (κ3) is 3.47. The van der Waals surface area contributed by atoms with E-state index in [4.69, 9.17) is 5.11 Å². The van der Waals surface area contributed by atoms with E-state index < -0.39 is 5.97 Å². The number of nitrogens with zero attached hydrogens (tertiary/aromatic N) is 2. The average Bonchev–Trinajstić information content (AvgIpc) is 2.53. The molecule has 5 heteroatoms. The van der Waals surface area contributed by atoms with E-state index in [-0.39, 0.29) is 5.56 Å². The number of nitrogens with one attached hydrogen (secondary N) is 1. The highest BCUT2D eigenvalue weighted by Gasteiger charge is 2.18. The number of carboxylic acids is 1. The van der Waals surface area contributed by atoms with E-state index in [0.29, 0.717) is 11.5 Å². The van der Waals surface area contributed by atoms with Crippen LogP contribution in [-0.4, -0.2) is 27.4 Å². The third-order valence-electron chi connectivity index (χ3n) is 2.76. The van der Waals surface area contributed by atoms with Crippen molar-refractivity contribution in [1.29, 1.82) is 0 Å². The van der Waals surface area contributed by atoms with Crippen LogP contribution in [0.15, 0.2) is 0 Å². The van der Waals surface area contributed by atoms with E-state index >= 15 is 0 Å². The molecule has 0 amide bonds. The van der Waals surface area contributed by atoms with E-state index in [1.807, 2.05) is 0 Å². The molecule has 0 aliphatic rings. The van der Waals surface area contributed by atoms with Crippen LogP contribution in [0.5, 0.6) is 0 Å². The maximum absolute atomic E-state index is 11.1. The van der Waals surface area contributed by atoms with Crippen molar-refractivity contribution in [2.75, 3.05) is 11.9 Å². The van der Waals surface area contributed by atoms with Crippen molar-refractivity contribution >= 4 is 11.8 Å². The number of aryl methyl sites for hydroxylation is 2. The number of carbonyl (C=O) groups is 1. The molecule has 1 aromatic rings. The monoisotopic (exact) mass is 239 g/mol. The highest BCUT2D eigenvalue weighted by molar-refractivity contribution is 5.94. The molecule has 5 nitrogen and oxygen atoms in total. The average molecular weight is 239 g/mol. The topological polar surface area (TPSA) is 67.2 Å². The first kappa shape index (κ1) is 13.5. The minimum Gasteiger partial charge on any atom is -0.477 e. The molecule has 0 spiro atoms. The number of carboxylic acid groups (broad SMARTS) is 1. The van der Waals surface area contributed by atoms with Crippen LogP contribution in [0.1, 0.15) is 48.7 Å². The van der Waals surface area contributed by atoms with Gasteiger partial charge < -0.3 is 10.4 Å². The van der Waals surface area contributed by atoms with Gasteiger partial charge in [-0.1, -0.05) is 26.2 Å². The molecule has 1 rings (SSSR count). The van der Waals surface area contributed by atoms with Crippen molar-refractivity contribution in [2.45, 2.75) is 39.5 Å². The molecule has 0 unspecified atom stereocenters. The highest BCUT2D eigenvalue weighted by atomic mass is 16.4. The summed E-state index contributed by atoms with van der Waals surface area (Å²) < 4.78 is 1.60. The van der Waals surface area contributed by atoms with Crippen molar-refractivity contribution in [2.24, 2.45) is 7.05 Å². The first-order chi connectivity index (χ1) is 8.07. The molecule has 17 heavy (non-hydrogen) atoms. The van der Waals surface area contributed by atoms with Crippen LogP contribution in [0, 0.1) is 6.92 Å². The zero-order chi connectivity index (χ0) is 12.8. The fraction of sp³-hybridized carbons (Fsp3) is 0.667. The summed E-state index contributed by atoms with van der Waals surface area (Å²) in [5, 5.41) is 16.4. The van der Waals surface area contributed by atoms with Gasteiger partial charge in [0.05, 0.1) is 5.69 Å². The summed E-state index contributed by atoms with van der Waals surface area (Å²) in [7, 11) is 1.76. The van der Waals surface area contributed by atoms with Gasteiger partial charge in [-0.25, -0.2) is 4.79 Å². The minimum absolute atomic E-state index is 0.281. The standard InChI is InChI=1S/C12H21N3O2/c1-4-5-6-7-8-13-11-10(12(16)17)9(2)14-15(11)3/h13H,4-8H2,1-3H3,(H,16,17). The van der Waals surface area contributed by atoms with Crippen molar-refractivity contribution in [3.8, 4) is 0 Å². The molecule has 0 fully saturated rings. The minimum atomic E-state index is -0.924. The largest absolute Gasteiger partial charge is 0.477 e. The van der Waals surface area contributed by atoms with Gasteiger partial charge in [0.1, 0.15) is 11.4 Å². The Morgan fingerprint density at radius 1 is 1.41 bits per heavy atom. The molecule has 0 radical (unpaired) electrons. The molecule has 0 saturated heterocycles. The Kier molecular flexibility index (Phi) is 5.00. The smallest absolute Gasteiger partial charge is 0.341 e. The van der Waals surface area contributed by atoms with Crippen LogP contribution >= 0.6 is 0 Å². The first-order valence-corrected chi connectivity index (χ1v) is 6.08. The van der Waals surface area contributed by atoms with Gasteiger partial charge in [0.15, 0.2) is 0 Å². The van der Waals surface area contributed by atoms with Gasteiger partial charge in [0.25, 0.3) is 0 Å². The van der Waals surface area contributed by atoms with Gasteiger partial charge in [-0.15, -0.1) is 0 Å². The van der Waals surface area contributed by atoms with E-state index in [2.05, 4.69) is 17.3 Å². The number of anilines is 1. The SMILES string of the molecule is CCCCCCNc1c(C(=O)O)c(C)nn1C. The van der Waals surface area contributed by atoms with Crippen molar-refractivity contribution in [3.63, 3.8) is 0 Å². The van der Waals surface area contributed by atoms with Crippen LogP contribution in [0.2, 0.25) is 0 Å². The molecule has 1 aromatic heterocycles. The maximum Gasteiger partial charge on any atom is 0.341 e. The van der Waals surface area contributed by atoms with Crippen LogP contribution in [-0.2, 0) is 7.05 Å². The number of hydrogen-bond donors (Lipinski definition) is 2. The number of hydrogen-bond acceptors (Lipinski definition) is 3. The Bertz CT molecular complexity index is 385. The predicted octanol–water partition coefficient (Wildman–Crippen LogP) is 2.42. The molecular weight excluding hydrogens is 218 g/mol. The Morgan fingerprint density at radius 3 is 2.71 bits per heavy atom. The summed E-state index contributed by atoms with van der Waals surface area (Å²) in [6.45, 7) is 4.67. The van der Waals surface area contributed by atoms with Gasteiger partial charge in [-0.05, 0) is 13.3 Å². The summed E-state index contributed by atoms with van der Waals surface area (Å²) in [6, 6.07) is 0. The van der Waals surface area contributed by atoms with Gasteiger partial charge in [-0.3, -0.25) is 4.68 Å². The van der Waals surface area contributed by atoms with Crippen LogP contribution in [0.4, 0.5) is 5.82 Å². The molecule has 1 heterocycles. The molecule has 0 aliphatic carbocycles. The lowest BCUT2D eigenvalue weighted by molar-refractivity contribution is 0.0697. The van der Waals surface area contributed by atoms with Gasteiger partial charge >= 0.3 is 5.97 Å². The highest BCUT2D eigenvalue weighted by Crippen LogP contribution is 2.18. The summed E-state index contributed by atoms with van der Waals surface area (Å²) in [5.41, 5.74) is 0.832. The fourth-order valence-electron chi connectivity index (χ4n) is 1.88. The van der Waals surface area contributed by atoms with Crippen molar-refractivity contribution in [3.05, 3.63) is 11.3 Å². The molecule has 0 aromatic carbocycles. The lowest BCUT2D eigenvalue weighted by Crippen LogP contribution is -2.10. The molecular formula is C12H21N3O2. The number of aromatic nitrogens is 2. The Hall–Kier alpha value is -1.52. The number of rotatable bonds is 7. The fourth-order valence-corrected chi connectivity index (χ4v) is 1.88. The van der Waals surface area contributed by atoms with Crippen molar-refractivity contribution < 1.29 is 9.90 Å². The quantitative estimate of drug-likeness (QED) is 0.717. The summed E-state index contributed by atoms with van der Waals surface area (Å²) >= 11 is 0.